The number of nitrogens with zero attached hydrogens (tertiary/aromatic N) is 1. The van der Waals surface area contributed by atoms with Crippen LogP contribution in [0.1, 0.15) is 101 Å². The van der Waals surface area contributed by atoms with E-state index in [9.17, 15) is 0 Å². The predicted molar refractivity (Wildman–Crippen MR) is 124 cm³/mol. The number of anilines is 1. The van der Waals surface area contributed by atoms with Crippen LogP contribution in [-0.2, 0) is 12.0 Å². The highest BCUT2D eigenvalue weighted by atomic mass is 15.1. The van der Waals surface area contributed by atoms with Crippen molar-refractivity contribution in [2.45, 2.75) is 90.5 Å². The van der Waals surface area contributed by atoms with Crippen LogP contribution in [0.15, 0.2) is 42.5 Å². The van der Waals surface area contributed by atoms with E-state index in [0.717, 1.165) is 12.5 Å². The summed E-state index contributed by atoms with van der Waals surface area (Å²) in [6, 6.07) is 16.2. The van der Waals surface area contributed by atoms with Crippen molar-refractivity contribution in [3.05, 3.63) is 64.7 Å². The molecule has 0 spiro atoms. The molecule has 0 N–H and O–H groups in total. The van der Waals surface area contributed by atoms with Crippen molar-refractivity contribution in [2.24, 2.45) is 0 Å². The van der Waals surface area contributed by atoms with Crippen molar-refractivity contribution in [3.8, 4) is 0 Å². The van der Waals surface area contributed by atoms with Gasteiger partial charge in [0, 0.05) is 19.3 Å². The highest BCUT2D eigenvalue weighted by Crippen LogP contribution is 2.38. The molecule has 0 radical (unpaired) electrons. The zero-order chi connectivity index (χ0) is 20.3. The van der Waals surface area contributed by atoms with E-state index in [4.69, 9.17) is 0 Å². The SMILES string of the molecule is CC(C)c1ccc(CN(C)c2ccccc2C(C)(C)C)cc1C1CCCCC1. The van der Waals surface area contributed by atoms with Crippen molar-refractivity contribution in [1.82, 2.24) is 0 Å². The van der Waals surface area contributed by atoms with Crippen molar-refractivity contribution in [1.29, 1.82) is 0 Å². The lowest BCUT2D eigenvalue weighted by Crippen LogP contribution is -2.22. The Bertz CT molecular complexity index is 775. The van der Waals surface area contributed by atoms with Gasteiger partial charge in [-0.3, -0.25) is 0 Å². The molecule has 152 valence electrons. The molecule has 2 aromatic carbocycles. The molecule has 28 heavy (non-hydrogen) atoms. The molecule has 1 saturated carbocycles. The van der Waals surface area contributed by atoms with E-state index < -0.39 is 0 Å². The largest absolute Gasteiger partial charge is 0.370 e. The van der Waals surface area contributed by atoms with Crippen molar-refractivity contribution in [2.75, 3.05) is 11.9 Å². The monoisotopic (exact) mass is 377 g/mol. The molecule has 0 heterocycles. The molecule has 0 aromatic heterocycles. The second-order valence-corrected chi connectivity index (χ2v) is 10.1. The zero-order valence-corrected chi connectivity index (χ0v) is 18.9. The Morgan fingerprint density at radius 1 is 0.964 bits per heavy atom. The molecule has 0 amide bonds. The summed E-state index contributed by atoms with van der Waals surface area (Å²) in [5, 5.41) is 0. The first-order chi connectivity index (χ1) is 13.3. The third-order valence-electron chi connectivity index (χ3n) is 6.36. The molecule has 0 bridgehead atoms. The molecular formula is C27H39N. The highest BCUT2D eigenvalue weighted by molar-refractivity contribution is 5.56. The van der Waals surface area contributed by atoms with Gasteiger partial charge >= 0.3 is 0 Å². The Labute approximate surface area is 173 Å². The van der Waals surface area contributed by atoms with Gasteiger partial charge in [0.1, 0.15) is 0 Å². The Hall–Kier alpha value is -1.76. The van der Waals surface area contributed by atoms with Crippen LogP contribution in [0.2, 0.25) is 0 Å². The molecule has 0 aliphatic heterocycles. The number of para-hydroxylation sites is 1. The average Bonchev–Trinajstić information content (AvgIpc) is 2.67. The lowest BCUT2D eigenvalue weighted by atomic mass is 9.79. The van der Waals surface area contributed by atoms with Crippen LogP contribution in [0.4, 0.5) is 5.69 Å². The van der Waals surface area contributed by atoms with E-state index in [1.807, 2.05) is 0 Å². The number of benzene rings is 2. The van der Waals surface area contributed by atoms with Crippen LogP contribution in [0.3, 0.4) is 0 Å². The van der Waals surface area contributed by atoms with Gasteiger partial charge in [0.2, 0.25) is 0 Å². The molecule has 1 nitrogen and oxygen atoms in total. The third kappa shape index (κ3) is 4.80. The second kappa shape index (κ2) is 8.72. The van der Waals surface area contributed by atoms with E-state index in [2.05, 4.69) is 89.0 Å². The quantitative estimate of drug-likeness (QED) is 0.514. The Morgan fingerprint density at radius 2 is 1.64 bits per heavy atom. The van der Waals surface area contributed by atoms with E-state index in [1.165, 1.54) is 48.9 Å². The Kier molecular flexibility index (Phi) is 6.53. The maximum atomic E-state index is 2.53. The molecule has 3 rings (SSSR count). The van der Waals surface area contributed by atoms with E-state index in [1.54, 1.807) is 11.1 Å². The van der Waals surface area contributed by atoms with Gasteiger partial charge in [0.05, 0.1) is 0 Å². The van der Waals surface area contributed by atoms with Gasteiger partial charge in [-0.05, 0) is 58.4 Å². The first-order valence-corrected chi connectivity index (χ1v) is 11.2. The molecule has 0 unspecified atom stereocenters. The molecule has 0 atom stereocenters. The van der Waals surface area contributed by atoms with Gasteiger partial charge < -0.3 is 4.90 Å². The summed E-state index contributed by atoms with van der Waals surface area (Å²) in [5.74, 6) is 1.36. The topological polar surface area (TPSA) is 3.24 Å². The first-order valence-electron chi connectivity index (χ1n) is 11.2. The standard InChI is InChI=1S/C27H39N/c1-20(2)23-17-16-21(18-24(23)22-12-8-7-9-13-22)19-28(6)26-15-11-10-14-25(26)27(3,4)5/h10-11,14-18,20,22H,7-9,12-13,19H2,1-6H3. The maximum Gasteiger partial charge on any atom is 0.0426 e. The predicted octanol–water partition coefficient (Wildman–Crippen LogP) is 7.79. The van der Waals surface area contributed by atoms with Crippen LogP contribution in [0.25, 0.3) is 0 Å². The van der Waals surface area contributed by atoms with Crippen LogP contribution >= 0.6 is 0 Å². The minimum Gasteiger partial charge on any atom is -0.370 e. The van der Waals surface area contributed by atoms with Gasteiger partial charge in [0.15, 0.2) is 0 Å². The fraction of sp³-hybridized carbons (Fsp3) is 0.556. The summed E-state index contributed by atoms with van der Waals surface area (Å²) in [6.45, 7) is 12.6. The van der Waals surface area contributed by atoms with Gasteiger partial charge in [-0.1, -0.05) is 90.3 Å². The Balaban J connectivity index is 1.89. The molecule has 1 aliphatic rings. The van der Waals surface area contributed by atoms with Crippen molar-refractivity contribution in [3.63, 3.8) is 0 Å². The van der Waals surface area contributed by atoms with Gasteiger partial charge in [-0.25, -0.2) is 0 Å². The number of hydrogen-bond acceptors (Lipinski definition) is 1. The summed E-state index contributed by atoms with van der Waals surface area (Å²) in [7, 11) is 2.24. The molecule has 1 aliphatic carbocycles. The van der Waals surface area contributed by atoms with Crippen LogP contribution in [0, 0.1) is 0 Å². The molecular weight excluding hydrogens is 338 g/mol. The van der Waals surface area contributed by atoms with Crippen molar-refractivity contribution < 1.29 is 0 Å². The summed E-state index contributed by atoms with van der Waals surface area (Å²) in [4.78, 5) is 2.43. The van der Waals surface area contributed by atoms with Crippen LogP contribution < -0.4 is 4.90 Å². The summed E-state index contributed by atoms with van der Waals surface area (Å²) in [6.07, 6.45) is 6.94. The van der Waals surface area contributed by atoms with Gasteiger partial charge in [-0.15, -0.1) is 0 Å². The van der Waals surface area contributed by atoms with E-state index in [-0.39, 0.29) is 5.41 Å². The fourth-order valence-corrected chi connectivity index (χ4v) is 4.82. The minimum atomic E-state index is 0.152. The fourth-order valence-electron chi connectivity index (χ4n) is 4.82. The smallest absolute Gasteiger partial charge is 0.0426 e. The van der Waals surface area contributed by atoms with Crippen molar-refractivity contribution >= 4 is 5.69 Å². The number of hydrogen-bond donors (Lipinski definition) is 0. The zero-order valence-electron chi connectivity index (χ0n) is 18.9. The molecule has 1 fully saturated rings. The highest BCUT2D eigenvalue weighted by Gasteiger charge is 2.22. The minimum absolute atomic E-state index is 0.152. The number of rotatable bonds is 5. The summed E-state index contributed by atoms with van der Waals surface area (Å²) in [5.41, 5.74) is 7.56. The lowest BCUT2D eigenvalue weighted by Gasteiger charge is -2.30. The first kappa shape index (κ1) is 21.0. The second-order valence-electron chi connectivity index (χ2n) is 10.1. The molecule has 0 saturated heterocycles. The summed E-state index contributed by atoms with van der Waals surface area (Å²) < 4.78 is 0. The Morgan fingerprint density at radius 3 is 2.29 bits per heavy atom. The maximum absolute atomic E-state index is 2.53. The lowest BCUT2D eigenvalue weighted by molar-refractivity contribution is 0.440. The molecule has 1 heteroatoms. The van der Waals surface area contributed by atoms with E-state index in [0.29, 0.717) is 5.92 Å². The third-order valence-corrected chi connectivity index (χ3v) is 6.36. The normalized spacial score (nSPS) is 15.8. The van der Waals surface area contributed by atoms with Gasteiger partial charge in [0.25, 0.3) is 0 Å². The van der Waals surface area contributed by atoms with Gasteiger partial charge in [-0.2, -0.15) is 0 Å². The van der Waals surface area contributed by atoms with Crippen LogP contribution in [0.5, 0.6) is 0 Å². The van der Waals surface area contributed by atoms with Crippen LogP contribution in [-0.4, -0.2) is 7.05 Å². The average molecular weight is 378 g/mol. The molecule has 2 aromatic rings. The van der Waals surface area contributed by atoms with E-state index >= 15 is 0 Å². The summed E-state index contributed by atoms with van der Waals surface area (Å²) >= 11 is 0.